The highest BCUT2D eigenvalue weighted by molar-refractivity contribution is 6.08. The van der Waals surface area contributed by atoms with E-state index in [1.54, 1.807) is 19.0 Å². The normalized spacial score (nSPS) is 16.6. The third-order valence-electron chi connectivity index (χ3n) is 3.62. The Labute approximate surface area is 112 Å². The van der Waals surface area contributed by atoms with E-state index in [1.165, 1.54) is 0 Å². The molecule has 0 bridgehead atoms. The molecule has 0 saturated heterocycles. The maximum atomic E-state index is 12.6. The second-order valence-corrected chi connectivity index (χ2v) is 4.41. The van der Waals surface area contributed by atoms with Crippen LogP contribution in [0.3, 0.4) is 0 Å². The third kappa shape index (κ3) is 1.88. The fraction of sp³-hybridized carbons (Fsp3) is 0.462. The highest BCUT2D eigenvalue weighted by Gasteiger charge is 2.49. The first-order chi connectivity index (χ1) is 9.14. The number of carbonyl (C=O) groups excluding carboxylic acids is 1. The van der Waals surface area contributed by atoms with Crippen LogP contribution in [0.4, 0.5) is 11.4 Å². The van der Waals surface area contributed by atoms with Gasteiger partial charge in [0, 0.05) is 24.8 Å². The lowest BCUT2D eigenvalue weighted by Gasteiger charge is -2.27. The van der Waals surface area contributed by atoms with Crippen molar-refractivity contribution in [1.29, 1.82) is 0 Å². The lowest BCUT2D eigenvalue weighted by molar-refractivity contribution is -0.125. The summed E-state index contributed by atoms with van der Waals surface area (Å²) < 4.78 is 0. The molecule has 1 aromatic carbocycles. The molecule has 0 radical (unpaired) electrons. The zero-order valence-corrected chi connectivity index (χ0v) is 11.4. The average Bonchev–Trinajstić information content (AvgIpc) is 2.68. The Morgan fingerprint density at radius 2 is 1.95 bits per heavy atom. The van der Waals surface area contributed by atoms with Crippen molar-refractivity contribution in [1.82, 2.24) is 10.6 Å². The lowest BCUT2D eigenvalue weighted by atomic mass is 10.0. The number of anilines is 2. The molecule has 0 atom stereocenters. The molecule has 1 amide bonds. The summed E-state index contributed by atoms with van der Waals surface area (Å²) in [7, 11) is 5.32. The van der Waals surface area contributed by atoms with Crippen molar-refractivity contribution in [2.24, 2.45) is 0 Å². The van der Waals surface area contributed by atoms with Crippen molar-refractivity contribution in [3.05, 3.63) is 23.8 Å². The molecule has 0 fully saturated rings. The number of aliphatic hydroxyl groups excluding tert-OH is 1. The summed E-state index contributed by atoms with van der Waals surface area (Å²) in [5.41, 5.74) is 1.69. The topological polar surface area (TPSA) is 76.6 Å². The van der Waals surface area contributed by atoms with E-state index < -0.39 is 5.66 Å². The third-order valence-corrected chi connectivity index (χ3v) is 3.62. The summed E-state index contributed by atoms with van der Waals surface area (Å²) in [6.07, 6.45) is 0. The van der Waals surface area contributed by atoms with Crippen LogP contribution in [-0.4, -0.2) is 45.3 Å². The van der Waals surface area contributed by atoms with Gasteiger partial charge in [-0.25, -0.2) is 0 Å². The molecule has 1 aliphatic rings. The van der Waals surface area contributed by atoms with Crippen molar-refractivity contribution in [2.45, 2.75) is 5.66 Å². The highest BCUT2D eigenvalue weighted by Crippen LogP contribution is 2.39. The Hall–Kier alpha value is -1.63. The Morgan fingerprint density at radius 3 is 2.47 bits per heavy atom. The highest BCUT2D eigenvalue weighted by atomic mass is 16.3. The number of amides is 1. The Kier molecular flexibility index (Phi) is 3.75. The van der Waals surface area contributed by atoms with Gasteiger partial charge in [-0.3, -0.25) is 15.4 Å². The molecule has 0 aromatic heterocycles. The number of nitrogens with one attached hydrogen (secondary N) is 3. The molecule has 1 aromatic rings. The number of carbonyl (C=O) groups is 1. The number of benzene rings is 1. The van der Waals surface area contributed by atoms with Gasteiger partial charge in [0.15, 0.2) is 5.66 Å². The predicted molar refractivity (Wildman–Crippen MR) is 75.2 cm³/mol. The van der Waals surface area contributed by atoms with Gasteiger partial charge >= 0.3 is 0 Å². The monoisotopic (exact) mass is 264 g/mol. The molecular weight excluding hydrogens is 244 g/mol. The lowest BCUT2D eigenvalue weighted by Crippen LogP contribution is -2.58. The largest absolute Gasteiger partial charge is 0.395 e. The van der Waals surface area contributed by atoms with E-state index in [2.05, 4.69) is 16.0 Å². The first kappa shape index (κ1) is 13.8. The molecule has 1 aliphatic heterocycles. The number of hydrogen-bond donors (Lipinski definition) is 4. The minimum atomic E-state index is -0.920. The molecular formula is C13H20N4O2. The van der Waals surface area contributed by atoms with E-state index in [9.17, 15) is 4.79 Å². The van der Waals surface area contributed by atoms with Crippen molar-refractivity contribution >= 4 is 17.3 Å². The molecule has 6 nitrogen and oxygen atoms in total. The van der Waals surface area contributed by atoms with Crippen molar-refractivity contribution < 1.29 is 9.90 Å². The number of hydrogen-bond acceptors (Lipinski definition) is 5. The van der Waals surface area contributed by atoms with Gasteiger partial charge in [0.2, 0.25) is 0 Å². The molecule has 6 heteroatoms. The maximum absolute atomic E-state index is 12.6. The molecule has 0 aliphatic carbocycles. The number of fused-ring (bicyclic) bond motifs is 1. The van der Waals surface area contributed by atoms with E-state index in [1.807, 2.05) is 25.2 Å². The van der Waals surface area contributed by atoms with Gasteiger partial charge < -0.3 is 15.3 Å². The van der Waals surface area contributed by atoms with Gasteiger partial charge in [0.25, 0.3) is 5.91 Å². The molecule has 0 spiro atoms. The number of rotatable bonds is 5. The summed E-state index contributed by atoms with van der Waals surface area (Å²) in [4.78, 5) is 14.2. The smallest absolute Gasteiger partial charge is 0.267 e. The molecule has 104 valence electrons. The number of nitrogens with zero attached hydrogens (tertiary/aromatic N) is 1. The second kappa shape index (κ2) is 5.16. The quantitative estimate of drug-likeness (QED) is 0.547. The van der Waals surface area contributed by atoms with Gasteiger partial charge in [-0.2, -0.15) is 0 Å². The molecule has 0 unspecified atom stereocenters. The van der Waals surface area contributed by atoms with E-state index in [-0.39, 0.29) is 19.1 Å². The Bertz CT molecular complexity index is 486. The SMILES string of the molecule is CNc1ccc2c(c1)N(CCO)C(=O)C2(NC)NC. The standard InChI is InChI=1S/C13H20N4O2/c1-14-9-4-5-10-11(8-9)17(6-7-18)12(19)13(10,15-2)16-3/h4-5,8,14-16,18H,6-7H2,1-3H3. The molecule has 4 N–H and O–H groups in total. The summed E-state index contributed by atoms with van der Waals surface area (Å²) in [6.45, 7) is 0.211. The van der Waals surface area contributed by atoms with E-state index in [0.29, 0.717) is 0 Å². The maximum Gasteiger partial charge on any atom is 0.267 e. The van der Waals surface area contributed by atoms with Crippen LogP contribution in [0.2, 0.25) is 0 Å². The van der Waals surface area contributed by atoms with Crippen LogP contribution in [-0.2, 0) is 10.5 Å². The fourth-order valence-corrected chi connectivity index (χ4v) is 2.58. The minimum absolute atomic E-state index is 0.0710. The molecule has 0 saturated carbocycles. The predicted octanol–water partition coefficient (Wildman–Crippen LogP) is -0.341. The van der Waals surface area contributed by atoms with E-state index in [4.69, 9.17) is 5.11 Å². The van der Waals surface area contributed by atoms with Gasteiger partial charge in [-0.15, -0.1) is 0 Å². The van der Waals surface area contributed by atoms with E-state index in [0.717, 1.165) is 16.9 Å². The molecule has 19 heavy (non-hydrogen) atoms. The van der Waals surface area contributed by atoms with Gasteiger partial charge in [-0.05, 0) is 26.2 Å². The number of likely N-dealkylation sites (N-methyl/N-ethyl adjacent to an activating group) is 2. The second-order valence-electron chi connectivity index (χ2n) is 4.41. The van der Waals surface area contributed by atoms with Crippen molar-refractivity contribution in [2.75, 3.05) is 44.5 Å². The zero-order chi connectivity index (χ0) is 14.0. The van der Waals surface area contributed by atoms with Crippen LogP contribution in [0.25, 0.3) is 0 Å². The zero-order valence-electron chi connectivity index (χ0n) is 11.4. The van der Waals surface area contributed by atoms with Crippen LogP contribution in [0, 0.1) is 0 Å². The molecule has 2 rings (SSSR count). The van der Waals surface area contributed by atoms with Gasteiger partial charge in [0.05, 0.1) is 12.3 Å². The first-order valence-corrected chi connectivity index (χ1v) is 6.27. The average molecular weight is 264 g/mol. The fourth-order valence-electron chi connectivity index (χ4n) is 2.58. The summed E-state index contributed by atoms with van der Waals surface area (Å²) >= 11 is 0. The van der Waals surface area contributed by atoms with Crippen LogP contribution in [0.15, 0.2) is 18.2 Å². The van der Waals surface area contributed by atoms with Crippen LogP contribution in [0.1, 0.15) is 5.56 Å². The van der Waals surface area contributed by atoms with E-state index >= 15 is 0 Å². The van der Waals surface area contributed by atoms with Crippen molar-refractivity contribution in [3.63, 3.8) is 0 Å². The Morgan fingerprint density at radius 1 is 1.26 bits per heavy atom. The molecule has 1 heterocycles. The van der Waals surface area contributed by atoms with Crippen LogP contribution in [0.5, 0.6) is 0 Å². The summed E-state index contributed by atoms with van der Waals surface area (Å²) in [6, 6.07) is 5.76. The minimum Gasteiger partial charge on any atom is -0.395 e. The number of aliphatic hydroxyl groups is 1. The first-order valence-electron chi connectivity index (χ1n) is 6.27. The van der Waals surface area contributed by atoms with Gasteiger partial charge in [0.1, 0.15) is 0 Å². The summed E-state index contributed by atoms with van der Waals surface area (Å²) in [5, 5.41) is 18.3. The Balaban J connectivity index is 2.59. The van der Waals surface area contributed by atoms with Crippen LogP contribution < -0.4 is 20.9 Å². The summed E-state index contributed by atoms with van der Waals surface area (Å²) in [5.74, 6) is -0.102. The van der Waals surface area contributed by atoms with Crippen molar-refractivity contribution in [3.8, 4) is 0 Å². The number of β-amino-alcohol motifs (C(OH)–C–C–N with tert-alkyl or cyclic N) is 1. The van der Waals surface area contributed by atoms with Gasteiger partial charge in [-0.1, -0.05) is 6.07 Å². The van der Waals surface area contributed by atoms with Crippen LogP contribution >= 0.6 is 0 Å².